The van der Waals surface area contributed by atoms with Crippen LogP contribution in [0.3, 0.4) is 0 Å². The van der Waals surface area contributed by atoms with Crippen LogP contribution in [0.2, 0.25) is 5.02 Å². The fourth-order valence-electron chi connectivity index (χ4n) is 1.97. The Kier molecular flexibility index (Phi) is 4.39. The van der Waals surface area contributed by atoms with Gasteiger partial charge in [-0.25, -0.2) is 0 Å². The first-order valence-corrected chi connectivity index (χ1v) is 6.51. The molecule has 6 heteroatoms. The number of rotatable bonds is 3. The van der Waals surface area contributed by atoms with E-state index in [-0.39, 0.29) is 18.2 Å². The molecule has 1 unspecified atom stereocenters. The summed E-state index contributed by atoms with van der Waals surface area (Å²) >= 11 is 5.85. The molecule has 1 fully saturated rings. The van der Waals surface area contributed by atoms with E-state index >= 15 is 0 Å². The van der Waals surface area contributed by atoms with Crippen LogP contribution in [0, 0.1) is 6.92 Å². The zero-order valence-electron chi connectivity index (χ0n) is 10.6. The maximum Gasteiger partial charge on any atom is 0.237 e. The minimum atomic E-state index is -0.457. The van der Waals surface area contributed by atoms with Crippen LogP contribution in [0.4, 0.5) is 5.69 Å². The summed E-state index contributed by atoms with van der Waals surface area (Å²) in [4.78, 5) is 23.4. The third kappa shape index (κ3) is 3.68. The number of hydrogen-bond donors (Lipinski definition) is 3. The molecule has 0 bridgehead atoms. The largest absolute Gasteiger partial charge is 0.353 e. The van der Waals surface area contributed by atoms with Crippen LogP contribution in [0.25, 0.3) is 0 Å². The van der Waals surface area contributed by atoms with Gasteiger partial charge < -0.3 is 16.0 Å². The highest BCUT2D eigenvalue weighted by atomic mass is 35.5. The Balaban J connectivity index is 1.95. The molecule has 0 aromatic heterocycles. The van der Waals surface area contributed by atoms with E-state index in [0.29, 0.717) is 23.8 Å². The molecular weight excluding hydrogens is 266 g/mol. The van der Waals surface area contributed by atoms with Crippen LogP contribution in [-0.4, -0.2) is 30.9 Å². The van der Waals surface area contributed by atoms with E-state index in [0.717, 1.165) is 5.56 Å². The number of nitrogens with one attached hydrogen (secondary N) is 3. The fraction of sp³-hybridized carbons (Fsp3) is 0.385. The molecule has 1 aliphatic heterocycles. The quantitative estimate of drug-likeness (QED) is 0.776. The second-order valence-corrected chi connectivity index (χ2v) is 4.95. The van der Waals surface area contributed by atoms with Gasteiger partial charge in [-0.1, -0.05) is 11.6 Å². The number of carbonyl (C=O) groups excluding carboxylic acids is 2. The predicted molar refractivity (Wildman–Crippen MR) is 74.2 cm³/mol. The number of carbonyl (C=O) groups is 2. The molecule has 102 valence electrons. The molecule has 19 heavy (non-hydrogen) atoms. The SMILES string of the molecule is Cc1cc(Cl)ccc1NC(=O)CC1NCCNC1=O. The van der Waals surface area contributed by atoms with Crippen molar-refractivity contribution in [1.82, 2.24) is 10.6 Å². The third-order valence-electron chi connectivity index (χ3n) is 2.98. The van der Waals surface area contributed by atoms with Gasteiger partial charge in [0.25, 0.3) is 0 Å². The van der Waals surface area contributed by atoms with Crippen molar-refractivity contribution in [2.75, 3.05) is 18.4 Å². The van der Waals surface area contributed by atoms with Gasteiger partial charge in [0.05, 0.1) is 12.5 Å². The van der Waals surface area contributed by atoms with E-state index in [4.69, 9.17) is 11.6 Å². The summed E-state index contributed by atoms with van der Waals surface area (Å²) in [5.41, 5.74) is 1.60. The molecule has 5 nitrogen and oxygen atoms in total. The summed E-state index contributed by atoms with van der Waals surface area (Å²) < 4.78 is 0. The predicted octanol–water partition coefficient (Wildman–Crippen LogP) is 1.07. The summed E-state index contributed by atoms with van der Waals surface area (Å²) in [6.45, 7) is 3.16. The van der Waals surface area contributed by atoms with E-state index < -0.39 is 6.04 Å². The Hall–Kier alpha value is -1.59. The van der Waals surface area contributed by atoms with Crippen molar-refractivity contribution in [2.24, 2.45) is 0 Å². The van der Waals surface area contributed by atoms with Gasteiger partial charge in [-0.3, -0.25) is 9.59 Å². The highest BCUT2D eigenvalue weighted by molar-refractivity contribution is 6.30. The van der Waals surface area contributed by atoms with E-state index in [1.807, 2.05) is 6.92 Å². The maximum absolute atomic E-state index is 11.9. The van der Waals surface area contributed by atoms with Gasteiger partial charge in [-0.05, 0) is 30.7 Å². The topological polar surface area (TPSA) is 70.2 Å². The molecule has 2 amide bonds. The van der Waals surface area contributed by atoms with E-state index in [9.17, 15) is 9.59 Å². The summed E-state index contributed by atoms with van der Waals surface area (Å²) in [6.07, 6.45) is 0.119. The Morgan fingerprint density at radius 2 is 2.26 bits per heavy atom. The molecule has 2 rings (SSSR count). The van der Waals surface area contributed by atoms with E-state index in [1.165, 1.54) is 0 Å². The number of piperazine rings is 1. The van der Waals surface area contributed by atoms with Gasteiger partial charge in [0.15, 0.2) is 0 Å². The number of amides is 2. The monoisotopic (exact) mass is 281 g/mol. The Morgan fingerprint density at radius 3 is 2.95 bits per heavy atom. The first kappa shape index (κ1) is 13.8. The first-order valence-electron chi connectivity index (χ1n) is 6.13. The van der Waals surface area contributed by atoms with Crippen molar-refractivity contribution in [3.63, 3.8) is 0 Å². The van der Waals surface area contributed by atoms with Crippen LogP contribution in [-0.2, 0) is 9.59 Å². The molecule has 3 N–H and O–H groups in total. The summed E-state index contributed by atoms with van der Waals surface area (Å²) in [6, 6.07) is 4.80. The zero-order valence-corrected chi connectivity index (χ0v) is 11.4. The Labute approximate surface area is 116 Å². The number of halogens is 1. The highest BCUT2D eigenvalue weighted by Gasteiger charge is 2.24. The lowest BCUT2D eigenvalue weighted by molar-refractivity contribution is -0.127. The molecule has 1 saturated heterocycles. The van der Waals surface area contributed by atoms with Crippen molar-refractivity contribution >= 4 is 29.1 Å². The number of benzene rings is 1. The molecule has 1 aromatic carbocycles. The molecule has 0 spiro atoms. The molecule has 1 aromatic rings. The standard InChI is InChI=1S/C13H16ClN3O2/c1-8-6-9(14)2-3-10(8)17-12(18)7-11-13(19)16-5-4-15-11/h2-3,6,11,15H,4-5,7H2,1H3,(H,16,19)(H,17,18). The molecule has 1 atom stereocenters. The number of hydrogen-bond acceptors (Lipinski definition) is 3. The lowest BCUT2D eigenvalue weighted by Crippen LogP contribution is -2.53. The second kappa shape index (κ2) is 6.04. The van der Waals surface area contributed by atoms with Crippen molar-refractivity contribution in [3.05, 3.63) is 28.8 Å². The minimum absolute atomic E-state index is 0.119. The smallest absolute Gasteiger partial charge is 0.237 e. The maximum atomic E-state index is 11.9. The van der Waals surface area contributed by atoms with Gasteiger partial charge in [0.1, 0.15) is 0 Å². The Bertz CT molecular complexity index is 505. The van der Waals surface area contributed by atoms with E-state index in [1.54, 1.807) is 18.2 Å². The average Bonchev–Trinajstić information content (AvgIpc) is 2.36. The Morgan fingerprint density at radius 1 is 1.47 bits per heavy atom. The van der Waals surface area contributed by atoms with Crippen molar-refractivity contribution in [1.29, 1.82) is 0 Å². The molecular formula is C13H16ClN3O2. The summed E-state index contributed by atoms with van der Waals surface area (Å²) in [5, 5.41) is 9.15. The lowest BCUT2D eigenvalue weighted by atomic mass is 10.1. The molecule has 1 aliphatic rings. The third-order valence-corrected chi connectivity index (χ3v) is 3.22. The second-order valence-electron chi connectivity index (χ2n) is 4.51. The van der Waals surface area contributed by atoms with Crippen LogP contribution in [0.5, 0.6) is 0 Å². The fourth-order valence-corrected chi connectivity index (χ4v) is 2.19. The highest BCUT2D eigenvalue weighted by Crippen LogP contribution is 2.19. The van der Waals surface area contributed by atoms with Gasteiger partial charge in [0.2, 0.25) is 11.8 Å². The molecule has 0 aliphatic carbocycles. The average molecular weight is 282 g/mol. The summed E-state index contributed by atoms with van der Waals surface area (Å²) in [5.74, 6) is -0.325. The normalized spacial score (nSPS) is 18.8. The molecule has 1 heterocycles. The van der Waals surface area contributed by atoms with Gasteiger partial charge in [-0.2, -0.15) is 0 Å². The van der Waals surface area contributed by atoms with Crippen LogP contribution in [0.1, 0.15) is 12.0 Å². The summed E-state index contributed by atoms with van der Waals surface area (Å²) in [7, 11) is 0. The number of aryl methyl sites for hydroxylation is 1. The molecule has 0 saturated carbocycles. The zero-order chi connectivity index (χ0) is 13.8. The minimum Gasteiger partial charge on any atom is -0.353 e. The van der Waals surface area contributed by atoms with Crippen LogP contribution >= 0.6 is 11.6 Å². The van der Waals surface area contributed by atoms with Crippen LogP contribution < -0.4 is 16.0 Å². The van der Waals surface area contributed by atoms with Crippen molar-refractivity contribution in [3.8, 4) is 0 Å². The van der Waals surface area contributed by atoms with Crippen LogP contribution in [0.15, 0.2) is 18.2 Å². The van der Waals surface area contributed by atoms with Gasteiger partial charge in [0, 0.05) is 23.8 Å². The molecule has 0 radical (unpaired) electrons. The van der Waals surface area contributed by atoms with Gasteiger partial charge >= 0.3 is 0 Å². The number of anilines is 1. The van der Waals surface area contributed by atoms with E-state index in [2.05, 4.69) is 16.0 Å². The lowest BCUT2D eigenvalue weighted by Gasteiger charge is -2.23. The van der Waals surface area contributed by atoms with Crippen molar-refractivity contribution < 1.29 is 9.59 Å². The first-order chi connectivity index (χ1) is 9.06. The van der Waals surface area contributed by atoms with Crippen molar-refractivity contribution in [2.45, 2.75) is 19.4 Å². The van der Waals surface area contributed by atoms with Gasteiger partial charge in [-0.15, -0.1) is 0 Å².